The van der Waals surface area contributed by atoms with Gasteiger partial charge >= 0.3 is 29.3 Å². The van der Waals surface area contributed by atoms with Gasteiger partial charge in [0, 0.05) is 24.3 Å². The van der Waals surface area contributed by atoms with Crippen LogP contribution in [-0.4, -0.2) is 208 Å². The highest BCUT2D eigenvalue weighted by Crippen LogP contribution is 2.44. The first-order valence-corrected chi connectivity index (χ1v) is 21.9. The zero-order valence-electron chi connectivity index (χ0n) is 37.9. The van der Waals surface area contributed by atoms with Crippen LogP contribution in [0.3, 0.4) is 0 Å². The van der Waals surface area contributed by atoms with Crippen LogP contribution in [0, 0.1) is 0 Å². The molecule has 1 aromatic heterocycles. The molecule has 14 N–H and O–H groups in total. The van der Waals surface area contributed by atoms with Gasteiger partial charge in [0.2, 0.25) is 24.6 Å². The van der Waals surface area contributed by atoms with E-state index >= 15 is 0 Å². The van der Waals surface area contributed by atoms with Gasteiger partial charge in [-0.1, -0.05) is 6.07 Å². The van der Waals surface area contributed by atoms with E-state index in [1.165, 1.54) is 37.5 Å². The Bertz CT molecular complexity index is 2640. The number of esters is 2. The molecule has 27 nitrogen and oxygen atoms in total. The average Bonchev–Trinajstić information content (AvgIpc) is 3.36. The standard InChI is InChI=1S/C46H50O27/c1-64-25-8-17(2-5-21(25)48)3-7-32(53)65-15-29-35(56)38(59)40(61)44(72-29)67-19-10-23(50)20-12-27(70-46-42(63)39(60)36(57)30(73-46)16-66-33(54)13-31(51)52)43(68-24(20)11-19)18-4-6-22(49)26(9-18)69-45-41(62)37(58)34(55)28(14-47)71-45/h2-12,28-30,34-42,44-47,55-63H,13-16H2,1H3,(H3-,48,49,50,51,52,53)/p+1/t28?,29?,30?,34-,35-,36-,37+,38+,39+,40?,41?,42?,44-,45-,46-/m1/s1. The van der Waals surface area contributed by atoms with Gasteiger partial charge in [-0.3, -0.25) is 9.59 Å². The molecule has 15 atom stereocenters. The number of aromatic hydroxyl groups is 3. The molecule has 73 heavy (non-hydrogen) atoms. The number of aliphatic hydroxyl groups excluding tert-OH is 10. The fraction of sp³-hybridized carbons (Fsp3) is 0.435. The second kappa shape index (κ2) is 23.0. The fourth-order valence-electron chi connectivity index (χ4n) is 7.66. The Balaban J connectivity index is 1.18. The lowest BCUT2D eigenvalue weighted by atomic mass is 9.99. The second-order valence-electron chi connectivity index (χ2n) is 16.7. The van der Waals surface area contributed by atoms with Crippen LogP contribution in [-0.2, 0) is 38.1 Å². The minimum Gasteiger partial charge on any atom is -0.507 e. The minimum absolute atomic E-state index is 0.0942. The molecule has 3 aliphatic rings. The summed E-state index contributed by atoms with van der Waals surface area (Å²) in [6.45, 7) is -2.32. The van der Waals surface area contributed by atoms with Gasteiger partial charge in [0.05, 0.1) is 25.3 Å². The summed E-state index contributed by atoms with van der Waals surface area (Å²) in [4.78, 5) is 35.6. The molecule has 4 aromatic rings. The van der Waals surface area contributed by atoms with Crippen molar-refractivity contribution in [1.82, 2.24) is 0 Å². The maximum atomic E-state index is 12.6. The molecule has 0 saturated carbocycles. The monoisotopic (exact) mass is 1040 g/mol. The van der Waals surface area contributed by atoms with Crippen molar-refractivity contribution in [3.8, 4) is 51.6 Å². The van der Waals surface area contributed by atoms with Crippen LogP contribution in [0.15, 0.2) is 65.1 Å². The molecule has 0 spiro atoms. The van der Waals surface area contributed by atoms with Gasteiger partial charge in [-0.25, -0.2) is 9.21 Å². The highest BCUT2D eigenvalue weighted by molar-refractivity contribution is 5.90. The predicted octanol–water partition coefficient (Wildman–Crippen LogP) is -2.67. The molecule has 0 bridgehead atoms. The zero-order valence-corrected chi connectivity index (χ0v) is 37.9. The molecular formula is C46H51O27+. The Morgan fingerprint density at radius 3 is 1.75 bits per heavy atom. The summed E-state index contributed by atoms with van der Waals surface area (Å²) in [6, 6.07) is 10.9. The fourth-order valence-corrected chi connectivity index (χ4v) is 7.66. The van der Waals surface area contributed by atoms with Gasteiger partial charge in [0.25, 0.3) is 0 Å². The van der Waals surface area contributed by atoms with Crippen LogP contribution >= 0.6 is 0 Å². The molecule has 7 rings (SSSR count). The van der Waals surface area contributed by atoms with Gasteiger partial charge in [-0.2, -0.15) is 0 Å². The van der Waals surface area contributed by atoms with Crippen LogP contribution in [0.2, 0.25) is 0 Å². The Morgan fingerprint density at radius 1 is 0.603 bits per heavy atom. The highest BCUT2D eigenvalue weighted by atomic mass is 16.7. The van der Waals surface area contributed by atoms with Crippen molar-refractivity contribution < 1.29 is 133 Å². The maximum absolute atomic E-state index is 12.6. The number of aliphatic hydroxyl groups is 10. The largest absolute Gasteiger partial charge is 0.507 e. The molecule has 27 heteroatoms. The Morgan fingerprint density at radius 2 is 1.15 bits per heavy atom. The van der Waals surface area contributed by atoms with Crippen LogP contribution in [0.1, 0.15) is 12.0 Å². The Hall–Kier alpha value is -6.70. The number of ether oxygens (including phenoxy) is 9. The van der Waals surface area contributed by atoms with Crippen LogP contribution in [0.25, 0.3) is 28.4 Å². The second-order valence-corrected chi connectivity index (χ2v) is 16.7. The lowest BCUT2D eigenvalue weighted by Gasteiger charge is -2.39. The van der Waals surface area contributed by atoms with Crippen molar-refractivity contribution in [2.45, 2.75) is 98.5 Å². The Labute approximate surface area is 410 Å². The smallest absolute Gasteiger partial charge is 0.402 e. The average molecular weight is 1040 g/mol. The van der Waals surface area contributed by atoms with Crippen molar-refractivity contribution >= 4 is 35.0 Å². The molecule has 0 aliphatic carbocycles. The minimum atomic E-state index is -2.06. The summed E-state index contributed by atoms with van der Waals surface area (Å²) in [5.74, 6) is -6.52. The van der Waals surface area contributed by atoms with Gasteiger partial charge in [0.15, 0.2) is 23.0 Å². The first kappa shape index (κ1) is 54.1. The molecule has 0 amide bonds. The van der Waals surface area contributed by atoms with E-state index in [-0.39, 0.29) is 39.5 Å². The number of hydrogen-bond donors (Lipinski definition) is 14. The first-order valence-electron chi connectivity index (χ1n) is 21.9. The lowest BCUT2D eigenvalue weighted by molar-refractivity contribution is -0.278. The predicted molar refractivity (Wildman–Crippen MR) is 236 cm³/mol. The molecule has 3 aliphatic heterocycles. The number of fused-ring (bicyclic) bond motifs is 1. The van der Waals surface area contributed by atoms with Crippen molar-refractivity contribution in [1.29, 1.82) is 0 Å². The molecule has 396 valence electrons. The number of aliphatic carboxylic acids is 1. The van der Waals surface area contributed by atoms with Crippen LogP contribution < -0.4 is 18.9 Å². The SMILES string of the molecule is COc1cc(/C=C/C(=O)OCC2O[C@@H](Oc3cc(O)c4cc(O[C@@H]5OC(COC(=O)CC(=O)O)[C@@H](O)[C@H](O)C5O)c(-c5ccc(O)c(O[C@@H]6OC(CO)[C@@H](O)[C@H](O)C6O)c5)[o+]c4c3)C(O)[C@@H](O)[C@@H]2O)ccc1O. The number of rotatable bonds is 17. The van der Waals surface area contributed by atoms with E-state index in [2.05, 4.69) is 0 Å². The number of phenols is 3. The third-order valence-corrected chi connectivity index (χ3v) is 11.7. The number of benzene rings is 3. The van der Waals surface area contributed by atoms with E-state index in [0.29, 0.717) is 5.56 Å². The summed E-state index contributed by atoms with van der Waals surface area (Å²) in [7, 11) is 1.34. The molecular weight excluding hydrogens is 984 g/mol. The van der Waals surface area contributed by atoms with Gasteiger partial charge < -0.3 is 114 Å². The summed E-state index contributed by atoms with van der Waals surface area (Å²) in [5.41, 5.74) is 0.0926. The molecule has 3 aromatic carbocycles. The van der Waals surface area contributed by atoms with Crippen molar-refractivity contribution in [3.63, 3.8) is 0 Å². The number of methoxy groups -OCH3 is 1. The van der Waals surface area contributed by atoms with E-state index in [1.54, 1.807) is 0 Å². The van der Waals surface area contributed by atoms with E-state index in [0.717, 1.165) is 36.4 Å². The van der Waals surface area contributed by atoms with E-state index in [1.807, 2.05) is 0 Å². The molecule has 6 unspecified atom stereocenters. The number of phenolic OH excluding ortho intramolecular Hbond substituents is 3. The normalized spacial score (nSPS) is 30.4. The summed E-state index contributed by atoms with van der Waals surface area (Å²) in [6.07, 6.45) is -26.1. The van der Waals surface area contributed by atoms with Crippen molar-refractivity contribution in [2.24, 2.45) is 0 Å². The summed E-state index contributed by atoms with van der Waals surface area (Å²) < 4.78 is 55.6. The molecule has 3 saturated heterocycles. The number of hydrogen-bond acceptors (Lipinski definition) is 25. The molecule has 4 heterocycles. The van der Waals surface area contributed by atoms with E-state index in [4.69, 9.17) is 52.2 Å². The van der Waals surface area contributed by atoms with Crippen LogP contribution in [0.4, 0.5) is 0 Å². The number of carboxylic acid groups (broad SMARTS) is 1. The van der Waals surface area contributed by atoms with E-state index in [9.17, 15) is 80.8 Å². The lowest BCUT2D eigenvalue weighted by Crippen LogP contribution is -2.60. The Kier molecular flexibility index (Phi) is 17.1. The van der Waals surface area contributed by atoms with Gasteiger partial charge in [-0.05, 0) is 35.9 Å². The van der Waals surface area contributed by atoms with Gasteiger partial charge in [0.1, 0.15) is 110 Å². The maximum Gasteiger partial charge on any atom is 0.402 e. The number of carbonyl (C=O) groups is 3. The quantitative estimate of drug-likeness (QED) is 0.0222. The molecule has 3 fully saturated rings. The highest BCUT2D eigenvalue weighted by Gasteiger charge is 2.49. The summed E-state index contributed by atoms with van der Waals surface area (Å²) >= 11 is 0. The zero-order chi connectivity index (χ0) is 53.0. The van der Waals surface area contributed by atoms with Crippen LogP contribution in [0.5, 0.6) is 40.2 Å². The van der Waals surface area contributed by atoms with Crippen molar-refractivity contribution in [2.75, 3.05) is 26.9 Å². The van der Waals surface area contributed by atoms with E-state index < -0.39 is 159 Å². The molecule has 0 radical (unpaired) electrons. The van der Waals surface area contributed by atoms with Crippen molar-refractivity contribution in [3.05, 3.63) is 66.2 Å². The first-order chi connectivity index (χ1) is 34.7. The third kappa shape index (κ3) is 12.2. The number of carbonyl (C=O) groups excluding carboxylic acids is 2. The topological polar surface area (TPSA) is 429 Å². The summed E-state index contributed by atoms with van der Waals surface area (Å²) in [5, 5.41) is 146. The number of carboxylic acids is 1. The third-order valence-electron chi connectivity index (χ3n) is 11.7. The van der Waals surface area contributed by atoms with Gasteiger partial charge in [-0.15, -0.1) is 0 Å².